The molecule has 0 radical (unpaired) electrons. The minimum atomic E-state index is -4.16. The SMILES string of the molecule is O=C(NO)c1ccc(OCCN(C(=O)C=CCN2CCC(C(F)(F)F)CC2)c2cc3ccccc3o2)cc1. The van der Waals surface area contributed by atoms with E-state index in [0.717, 1.165) is 5.39 Å². The fourth-order valence-corrected chi connectivity index (χ4v) is 4.29. The first-order valence-corrected chi connectivity index (χ1v) is 12.2. The number of piperidine rings is 1. The number of likely N-dealkylation sites (tertiary alicyclic amines) is 1. The molecule has 3 aromatic rings. The Labute approximate surface area is 217 Å². The molecule has 38 heavy (non-hydrogen) atoms. The number of hydrogen-bond donors (Lipinski definition) is 2. The molecule has 0 spiro atoms. The molecule has 202 valence electrons. The van der Waals surface area contributed by atoms with Gasteiger partial charge >= 0.3 is 6.18 Å². The Morgan fingerprint density at radius 3 is 2.50 bits per heavy atom. The van der Waals surface area contributed by atoms with Crippen LogP contribution in [-0.4, -0.2) is 60.9 Å². The minimum Gasteiger partial charge on any atom is -0.492 e. The van der Waals surface area contributed by atoms with E-state index in [1.807, 2.05) is 23.1 Å². The van der Waals surface area contributed by atoms with Crippen LogP contribution in [0.3, 0.4) is 0 Å². The third kappa shape index (κ3) is 6.93. The van der Waals surface area contributed by atoms with Crippen LogP contribution in [0, 0.1) is 5.92 Å². The van der Waals surface area contributed by atoms with Gasteiger partial charge in [-0.2, -0.15) is 13.2 Å². The second-order valence-electron chi connectivity index (χ2n) is 8.94. The van der Waals surface area contributed by atoms with Gasteiger partial charge in [0.05, 0.1) is 12.5 Å². The Morgan fingerprint density at radius 1 is 1.13 bits per heavy atom. The second-order valence-corrected chi connectivity index (χ2v) is 8.94. The molecule has 1 aliphatic heterocycles. The summed E-state index contributed by atoms with van der Waals surface area (Å²) in [5, 5.41) is 9.55. The van der Waals surface area contributed by atoms with Crippen molar-refractivity contribution in [2.45, 2.75) is 19.0 Å². The first kappa shape index (κ1) is 27.2. The number of alkyl halides is 3. The van der Waals surface area contributed by atoms with E-state index in [2.05, 4.69) is 0 Å². The molecule has 0 bridgehead atoms. The molecule has 2 N–H and O–H groups in total. The summed E-state index contributed by atoms with van der Waals surface area (Å²) < 4.78 is 50.3. The maximum Gasteiger partial charge on any atom is 0.391 e. The molecule has 0 unspecified atom stereocenters. The van der Waals surface area contributed by atoms with Gasteiger partial charge in [0.2, 0.25) is 5.88 Å². The minimum absolute atomic E-state index is 0.0549. The van der Waals surface area contributed by atoms with Gasteiger partial charge in [-0.1, -0.05) is 24.3 Å². The number of carbonyl (C=O) groups excluding carboxylic acids is 2. The van der Waals surface area contributed by atoms with Crippen molar-refractivity contribution in [3.63, 3.8) is 0 Å². The summed E-state index contributed by atoms with van der Waals surface area (Å²) in [7, 11) is 0. The molecule has 8 nitrogen and oxygen atoms in total. The first-order valence-electron chi connectivity index (χ1n) is 12.2. The number of nitrogens with one attached hydrogen (secondary N) is 1. The zero-order valence-electron chi connectivity index (χ0n) is 20.5. The number of furan rings is 1. The summed E-state index contributed by atoms with van der Waals surface area (Å²) in [6.45, 7) is 1.28. The molecule has 2 heterocycles. The molecule has 2 aromatic carbocycles. The van der Waals surface area contributed by atoms with Crippen LogP contribution in [0.2, 0.25) is 0 Å². The molecule has 2 amide bonds. The van der Waals surface area contributed by atoms with Crippen LogP contribution in [0.5, 0.6) is 5.75 Å². The van der Waals surface area contributed by atoms with Crippen molar-refractivity contribution in [3.8, 4) is 5.75 Å². The predicted molar refractivity (Wildman–Crippen MR) is 134 cm³/mol. The normalized spacial score (nSPS) is 15.2. The quantitative estimate of drug-likeness (QED) is 0.234. The molecule has 1 saturated heterocycles. The van der Waals surface area contributed by atoms with Gasteiger partial charge in [-0.15, -0.1) is 0 Å². The van der Waals surface area contributed by atoms with Crippen LogP contribution < -0.4 is 15.1 Å². The Balaban J connectivity index is 1.38. The standard InChI is InChI=1S/C27H28F3N3O5/c28-27(29,30)21-11-14-32(15-12-21)13-3-6-24(34)33(25-18-20-4-1-2-5-23(20)38-25)16-17-37-22-9-7-19(8-10-22)26(35)31-36/h1-10,18,21,36H,11-17H2,(H,31,35). The lowest BCUT2D eigenvalue weighted by atomic mass is 9.96. The molecule has 0 aliphatic carbocycles. The number of amides is 2. The monoisotopic (exact) mass is 531 g/mol. The van der Waals surface area contributed by atoms with Crippen molar-refractivity contribution >= 4 is 28.7 Å². The smallest absolute Gasteiger partial charge is 0.391 e. The summed E-state index contributed by atoms with van der Waals surface area (Å²) in [4.78, 5) is 27.9. The zero-order chi connectivity index (χ0) is 27.1. The highest BCUT2D eigenvalue weighted by atomic mass is 19.4. The number of hydrogen-bond acceptors (Lipinski definition) is 6. The van der Waals surface area contributed by atoms with Crippen LogP contribution in [-0.2, 0) is 4.79 Å². The third-order valence-corrected chi connectivity index (χ3v) is 6.42. The Hall–Kier alpha value is -3.83. The van der Waals surface area contributed by atoms with Crippen LogP contribution in [0.15, 0.2) is 71.2 Å². The summed E-state index contributed by atoms with van der Waals surface area (Å²) in [6.07, 6.45) is -1.01. The Bertz CT molecular complexity index is 1230. The molecule has 0 atom stereocenters. The van der Waals surface area contributed by atoms with E-state index < -0.39 is 18.0 Å². The Morgan fingerprint density at radius 2 is 1.84 bits per heavy atom. The zero-order valence-corrected chi connectivity index (χ0v) is 20.5. The van der Waals surface area contributed by atoms with Crippen molar-refractivity contribution in [3.05, 3.63) is 72.3 Å². The maximum atomic E-state index is 13.1. The fraction of sp³-hybridized carbons (Fsp3) is 0.333. The van der Waals surface area contributed by atoms with Crippen molar-refractivity contribution < 1.29 is 37.1 Å². The molecule has 0 saturated carbocycles. The summed E-state index contributed by atoms with van der Waals surface area (Å²) >= 11 is 0. The van der Waals surface area contributed by atoms with E-state index in [9.17, 15) is 22.8 Å². The van der Waals surface area contributed by atoms with Crippen molar-refractivity contribution in [2.24, 2.45) is 5.92 Å². The van der Waals surface area contributed by atoms with Gasteiger partial charge < -0.3 is 9.15 Å². The third-order valence-electron chi connectivity index (χ3n) is 6.42. The number of nitrogens with zero attached hydrogens (tertiary/aromatic N) is 2. The predicted octanol–water partition coefficient (Wildman–Crippen LogP) is 4.79. The van der Waals surface area contributed by atoms with Gasteiger partial charge in [-0.3, -0.25) is 24.6 Å². The Kier molecular flexibility index (Phi) is 8.70. The van der Waals surface area contributed by atoms with Crippen LogP contribution >= 0.6 is 0 Å². The second kappa shape index (κ2) is 12.1. The lowest BCUT2D eigenvalue weighted by molar-refractivity contribution is -0.184. The average Bonchev–Trinajstić information content (AvgIpc) is 3.34. The van der Waals surface area contributed by atoms with E-state index in [0.29, 0.717) is 36.9 Å². The van der Waals surface area contributed by atoms with Crippen LogP contribution in [0.1, 0.15) is 23.2 Å². The average molecular weight is 532 g/mol. The highest BCUT2D eigenvalue weighted by molar-refractivity contribution is 6.01. The van der Waals surface area contributed by atoms with E-state index in [4.69, 9.17) is 14.4 Å². The fourth-order valence-electron chi connectivity index (χ4n) is 4.29. The van der Waals surface area contributed by atoms with Gasteiger partial charge in [0.15, 0.2) is 0 Å². The largest absolute Gasteiger partial charge is 0.492 e. The summed E-state index contributed by atoms with van der Waals surface area (Å²) in [6, 6.07) is 15.2. The number of hydroxylamine groups is 1. The molecular weight excluding hydrogens is 503 g/mol. The number of halogens is 3. The lowest BCUT2D eigenvalue weighted by Gasteiger charge is -2.32. The number of benzene rings is 2. The molecule has 1 fully saturated rings. The maximum absolute atomic E-state index is 13.1. The van der Waals surface area contributed by atoms with E-state index in [1.165, 1.54) is 23.1 Å². The number of ether oxygens (including phenoxy) is 1. The van der Waals surface area contributed by atoms with Gasteiger partial charge in [-0.05, 0) is 56.3 Å². The van der Waals surface area contributed by atoms with Crippen molar-refractivity contribution in [1.29, 1.82) is 0 Å². The van der Waals surface area contributed by atoms with E-state index in [1.54, 1.807) is 35.8 Å². The van der Waals surface area contributed by atoms with Gasteiger partial charge in [-0.25, -0.2) is 5.48 Å². The van der Waals surface area contributed by atoms with Crippen LogP contribution in [0.25, 0.3) is 11.0 Å². The lowest BCUT2D eigenvalue weighted by Crippen LogP contribution is -2.39. The molecule has 11 heteroatoms. The van der Waals surface area contributed by atoms with Crippen LogP contribution in [0.4, 0.5) is 19.1 Å². The van der Waals surface area contributed by atoms with Gasteiger partial charge in [0.25, 0.3) is 11.8 Å². The first-order chi connectivity index (χ1) is 18.2. The van der Waals surface area contributed by atoms with Gasteiger partial charge in [0, 0.05) is 29.6 Å². The molecule has 1 aliphatic rings. The highest BCUT2D eigenvalue weighted by Crippen LogP contribution is 2.34. The number of para-hydroxylation sites is 1. The summed E-state index contributed by atoms with van der Waals surface area (Å²) in [5.41, 5.74) is 2.43. The van der Waals surface area contributed by atoms with Gasteiger partial charge in [0.1, 0.15) is 17.9 Å². The number of anilines is 1. The molecule has 1 aromatic heterocycles. The molecule has 4 rings (SSSR count). The topological polar surface area (TPSA) is 95.2 Å². The number of fused-ring (bicyclic) bond motifs is 1. The number of rotatable bonds is 9. The molecular formula is C27H28F3N3O5. The number of carbonyl (C=O) groups is 2. The van der Waals surface area contributed by atoms with E-state index in [-0.39, 0.29) is 37.5 Å². The highest BCUT2D eigenvalue weighted by Gasteiger charge is 2.40. The summed E-state index contributed by atoms with van der Waals surface area (Å²) in [5.74, 6) is -1.46. The van der Waals surface area contributed by atoms with Crippen molar-refractivity contribution in [2.75, 3.05) is 37.7 Å². The van der Waals surface area contributed by atoms with E-state index >= 15 is 0 Å². The van der Waals surface area contributed by atoms with Crippen molar-refractivity contribution in [1.82, 2.24) is 10.4 Å².